The van der Waals surface area contributed by atoms with Crippen molar-refractivity contribution in [3.8, 4) is 5.69 Å². The Morgan fingerprint density at radius 2 is 2.18 bits per heavy atom. The first-order valence-corrected chi connectivity index (χ1v) is 5.14. The summed E-state index contributed by atoms with van der Waals surface area (Å²) in [6.07, 6.45) is 4.63. The molecule has 0 aliphatic carbocycles. The van der Waals surface area contributed by atoms with E-state index in [1.54, 1.807) is 12.4 Å². The van der Waals surface area contributed by atoms with Crippen LogP contribution in [0.25, 0.3) is 5.69 Å². The smallest absolute Gasteiger partial charge is 0.251 e. The Balaban J connectivity index is 2.30. The molecule has 0 aliphatic rings. The summed E-state index contributed by atoms with van der Waals surface area (Å²) in [7, 11) is 0. The number of pyridine rings is 1. The standard InChI is InChI=1S/C11H13N5O/c1-7(12)10-3-2-9(5-14-10)16-6-8(4-15-16)11(13)17/h2-7H,12H2,1H3,(H2,13,17). The molecule has 1 amide bonds. The monoisotopic (exact) mass is 231 g/mol. The fourth-order valence-electron chi connectivity index (χ4n) is 1.39. The zero-order valence-electron chi connectivity index (χ0n) is 9.37. The summed E-state index contributed by atoms with van der Waals surface area (Å²) in [5.74, 6) is -0.503. The first kappa shape index (κ1) is 11.3. The van der Waals surface area contributed by atoms with Crippen LogP contribution in [0.5, 0.6) is 0 Å². The van der Waals surface area contributed by atoms with Gasteiger partial charge in [0.25, 0.3) is 5.91 Å². The first-order valence-electron chi connectivity index (χ1n) is 5.14. The molecule has 0 saturated heterocycles. The molecule has 0 radical (unpaired) electrons. The maximum atomic E-state index is 10.9. The van der Waals surface area contributed by atoms with E-state index in [4.69, 9.17) is 11.5 Å². The lowest BCUT2D eigenvalue weighted by Crippen LogP contribution is -2.09. The Hall–Kier alpha value is -2.21. The Kier molecular flexibility index (Phi) is 2.88. The van der Waals surface area contributed by atoms with Crippen LogP contribution in [-0.4, -0.2) is 20.7 Å². The van der Waals surface area contributed by atoms with Gasteiger partial charge in [-0.2, -0.15) is 5.10 Å². The fourth-order valence-corrected chi connectivity index (χ4v) is 1.39. The molecule has 17 heavy (non-hydrogen) atoms. The van der Waals surface area contributed by atoms with Crippen molar-refractivity contribution >= 4 is 5.91 Å². The summed E-state index contributed by atoms with van der Waals surface area (Å²) in [5.41, 5.74) is 12.8. The van der Waals surface area contributed by atoms with Crippen LogP contribution in [0, 0.1) is 0 Å². The average Bonchev–Trinajstić information content (AvgIpc) is 2.78. The van der Waals surface area contributed by atoms with Crippen LogP contribution in [0.2, 0.25) is 0 Å². The van der Waals surface area contributed by atoms with E-state index >= 15 is 0 Å². The summed E-state index contributed by atoms with van der Waals surface area (Å²) < 4.78 is 1.54. The SMILES string of the molecule is CC(N)c1ccc(-n2cc(C(N)=O)cn2)cn1. The second kappa shape index (κ2) is 4.34. The number of primary amides is 1. The Labute approximate surface area is 98.3 Å². The predicted molar refractivity (Wildman–Crippen MR) is 62.5 cm³/mol. The van der Waals surface area contributed by atoms with E-state index in [0.29, 0.717) is 5.56 Å². The average molecular weight is 231 g/mol. The lowest BCUT2D eigenvalue weighted by Gasteiger charge is -2.05. The summed E-state index contributed by atoms with van der Waals surface area (Å²) in [4.78, 5) is 15.1. The molecule has 2 aromatic rings. The molecule has 0 spiro atoms. The number of hydrogen-bond donors (Lipinski definition) is 2. The van der Waals surface area contributed by atoms with Crippen molar-refractivity contribution in [3.05, 3.63) is 42.0 Å². The number of carbonyl (C=O) groups is 1. The molecular weight excluding hydrogens is 218 g/mol. The molecule has 2 heterocycles. The van der Waals surface area contributed by atoms with Gasteiger partial charge in [-0.15, -0.1) is 0 Å². The predicted octanol–water partition coefficient (Wildman–Crippen LogP) is 0.386. The van der Waals surface area contributed by atoms with Crippen molar-refractivity contribution < 1.29 is 4.79 Å². The molecule has 4 N–H and O–H groups in total. The molecular formula is C11H13N5O. The van der Waals surface area contributed by atoms with E-state index in [1.165, 1.54) is 10.9 Å². The van der Waals surface area contributed by atoms with Crippen LogP contribution in [0.4, 0.5) is 0 Å². The van der Waals surface area contributed by atoms with Crippen LogP contribution in [0.3, 0.4) is 0 Å². The van der Waals surface area contributed by atoms with Crippen molar-refractivity contribution in [1.29, 1.82) is 0 Å². The molecule has 6 heteroatoms. The lowest BCUT2D eigenvalue weighted by molar-refractivity contribution is 0.100. The van der Waals surface area contributed by atoms with E-state index in [2.05, 4.69) is 10.1 Å². The lowest BCUT2D eigenvalue weighted by atomic mass is 10.2. The van der Waals surface area contributed by atoms with Crippen LogP contribution in [-0.2, 0) is 0 Å². The third-order valence-corrected chi connectivity index (χ3v) is 2.37. The van der Waals surface area contributed by atoms with Crippen molar-refractivity contribution in [3.63, 3.8) is 0 Å². The van der Waals surface area contributed by atoms with E-state index in [9.17, 15) is 4.79 Å². The van der Waals surface area contributed by atoms with E-state index < -0.39 is 5.91 Å². The van der Waals surface area contributed by atoms with Crippen LogP contribution in [0.15, 0.2) is 30.7 Å². The number of carbonyl (C=O) groups excluding carboxylic acids is 1. The van der Waals surface area contributed by atoms with Crippen LogP contribution in [0.1, 0.15) is 29.0 Å². The largest absolute Gasteiger partial charge is 0.366 e. The summed E-state index contributed by atoms with van der Waals surface area (Å²) >= 11 is 0. The topological polar surface area (TPSA) is 99.8 Å². The Morgan fingerprint density at radius 3 is 2.65 bits per heavy atom. The third-order valence-electron chi connectivity index (χ3n) is 2.37. The molecule has 2 rings (SSSR count). The van der Waals surface area contributed by atoms with Gasteiger partial charge in [0.05, 0.1) is 29.3 Å². The van der Waals surface area contributed by atoms with Gasteiger partial charge >= 0.3 is 0 Å². The third kappa shape index (κ3) is 2.31. The highest BCUT2D eigenvalue weighted by atomic mass is 16.1. The van der Waals surface area contributed by atoms with Gasteiger partial charge in [0.1, 0.15) is 0 Å². The number of rotatable bonds is 3. The molecule has 6 nitrogen and oxygen atoms in total. The molecule has 0 fully saturated rings. The van der Waals surface area contributed by atoms with E-state index in [1.807, 2.05) is 19.1 Å². The maximum absolute atomic E-state index is 10.9. The van der Waals surface area contributed by atoms with Gasteiger partial charge in [-0.3, -0.25) is 9.78 Å². The maximum Gasteiger partial charge on any atom is 0.251 e. The van der Waals surface area contributed by atoms with Crippen molar-refractivity contribution in [2.24, 2.45) is 11.5 Å². The second-order valence-electron chi connectivity index (χ2n) is 3.77. The Bertz CT molecular complexity index is 529. The number of nitrogens with zero attached hydrogens (tertiary/aromatic N) is 3. The normalized spacial score (nSPS) is 12.4. The molecule has 1 atom stereocenters. The highest BCUT2D eigenvalue weighted by Crippen LogP contribution is 2.10. The number of hydrogen-bond acceptors (Lipinski definition) is 4. The van der Waals surface area contributed by atoms with Gasteiger partial charge in [0.15, 0.2) is 0 Å². The highest BCUT2D eigenvalue weighted by Gasteiger charge is 2.06. The van der Waals surface area contributed by atoms with Gasteiger partial charge in [-0.1, -0.05) is 0 Å². The molecule has 88 valence electrons. The van der Waals surface area contributed by atoms with Crippen LogP contribution >= 0.6 is 0 Å². The molecule has 0 saturated carbocycles. The second-order valence-corrected chi connectivity index (χ2v) is 3.77. The molecule has 1 unspecified atom stereocenters. The van der Waals surface area contributed by atoms with Crippen molar-refractivity contribution in [1.82, 2.24) is 14.8 Å². The minimum absolute atomic E-state index is 0.108. The first-order chi connectivity index (χ1) is 8.08. The number of aromatic nitrogens is 3. The van der Waals surface area contributed by atoms with Crippen LogP contribution < -0.4 is 11.5 Å². The Morgan fingerprint density at radius 1 is 1.41 bits per heavy atom. The van der Waals surface area contributed by atoms with Gasteiger partial charge in [0.2, 0.25) is 0 Å². The molecule has 0 bridgehead atoms. The van der Waals surface area contributed by atoms with Crippen molar-refractivity contribution in [2.75, 3.05) is 0 Å². The number of nitrogens with two attached hydrogens (primary N) is 2. The molecule has 2 aromatic heterocycles. The van der Waals surface area contributed by atoms with Gasteiger partial charge in [-0.25, -0.2) is 4.68 Å². The van der Waals surface area contributed by atoms with Gasteiger partial charge < -0.3 is 11.5 Å². The van der Waals surface area contributed by atoms with Crippen molar-refractivity contribution in [2.45, 2.75) is 13.0 Å². The summed E-state index contributed by atoms with van der Waals surface area (Å²) in [5, 5.41) is 4.03. The zero-order chi connectivity index (χ0) is 12.4. The fraction of sp³-hybridized carbons (Fsp3) is 0.182. The van der Waals surface area contributed by atoms with E-state index in [0.717, 1.165) is 11.4 Å². The molecule has 0 aliphatic heterocycles. The minimum atomic E-state index is -0.503. The highest BCUT2D eigenvalue weighted by molar-refractivity contribution is 5.92. The quantitative estimate of drug-likeness (QED) is 0.797. The van der Waals surface area contributed by atoms with Gasteiger partial charge in [0, 0.05) is 12.2 Å². The summed E-state index contributed by atoms with van der Waals surface area (Å²) in [6.45, 7) is 1.86. The van der Waals surface area contributed by atoms with E-state index in [-0.39, 0.29) is 6.04 Å². The van der Waals surface area contributed by atoms with Gasteiger partial charge in [-0.05, 0) is 19.1 Å². The summed E-state index contributed by atoms with van der Waals surface area (Å²) in [6, 6.07) is 3.55. The zero-order valence-corrected chi connectivity index (χ0v) is 9.37. The minimum Gasteiger partial charge on any atom is -0.366 e. The number of amides is 1. The molecule has 0 aromatic carbocycles.